The van der Waals surface area contributed by atoms with Crippen molar-refractivity contribution in [1.82, 2.24) is 9.55 Å². The lowest BCUT2D eigenvalue weighted by atomic mass is 10.3. The van der Waals surface area contributed by atoms with Crippen LogP contribution in [0.5, 0.6) is 5.75 Å². The number of imidazole rings is 1. The Labute approximate surface area is 118 Å². The number of aromatic nitrogens is 2. The Balaban J connectivity index is 1.88. The zero-order chi connectivity index (χ0) is 13.7. The number of nitro benzene ring substituents is 1. The maximum absolute atomic E-state index is 10.7. The van der Waals surface area contributed by atoms with Gasteiger partial charge in [-0.1, -0.05) is 0 Å². The van der Waals surface area contributed by atoms with Crippen molar-refractivity contribution in [3.63, 3.8) is 0 Å². The molecular formula is C12H12BrN3O3. The molecule has 0 N–H and O–H groups in total. The second-order valence-electron chi connectivity index (χ2n) is 3.87. The molecule has 0 amide bonds. The van der Waals surface area contributed by atoms with Crippen LogP contribution in [0.25, 0.3) is 0 Å². The van der Waals surface area contributed by atoms with Crippen LogP contribution < -0.4 is 4.74 Å². The smallest absolute Gasteiger partial charge is 0.273 e. The minimum atomic E-state index is -0.440. The van der Waals surface area contributed by atoms with Gasteiger partial charge in [-0.05, 0) is 28.4 Å². The molecule has 0 unspecified atom stereocenters. The SMILES string of the molecule is O=[N+]([O-])c1ccc(Br)c(OCCCn2ccnc2)c1. The van der Waals surface area contributed by atoms with E-state index in [0.717, 1.165) is 13.0 Å². The molecule has 0 saturated heterocycles. The summed E-state index contributed by atoms with van der Waals surface area (Å²) in [7, 11) is 0. The highest BCUT2D eigenvalue weighted by Crippen LogP contribution is 2.29. The van der Waals surface area contributed by atoms with Gasteiger partial charge in [-0.25, -0.2) is 4.98 Å². The number of halogens is 1. The lowest BCUT2D eigenvalue weighted by Crippen LogP contribution is -2.03. The molecule has 1 aromatic carbocycles. The predicted molar refractivity (Wildman–Crippen MR) is 73.1 cm³/mol. The third kappa shape index (κ3) is 3.78. The van der Waals surface area contributed by atoms with Gasteiger partial charge in [0.2, 0.25) is 0 Å². The quantitative estimate of drug-likeness (QED) is 0.465. The first-order valence-electron chi connectivity index (χ1n) is 5.69. The van der Waals surface area contributed by atoms with E-state index in [-0.39, 0.29) is 5.69 Å². The number of aryl methyl sites for hydroxylation is 1. The molecule has 0 aliphatic heterocycles. The summed E-state index contributed by atoms with van der Waals surface area (Å²) < 4.78 is 8.20. The minimum absolute atomic E-state index is 0.0211. The summed E-state index contributed by atoms with van der Waals surface area (Å²) in [5.74, 6) is 0.486. The fourth-order valence-electron chi connectivity index (χ4n) is 1.56. The standard InChI is InChI=1S/C12H12BrN3O3/c13-11-3-2-10(16(17)18)8-12(11)19-7-1-5-15-6-4-14-9-15/h2-4,6,8-9H,1,5,7H2. The fourth-order valence-corrected chi connectivity index (χ4v) is 1.93. The van der Waals surface area contributed by atoms with Crippen LogP contribution in [0, 0.1) is 10.1 Å². The van der Waals surface area contributed by atoms with Gasteiger partial charge in [0, 0.05) is 25.0 Å². The van der Waals surface area contributed by atoms with E-state index in [1.54, 1.807) is 18.6 Å². The Kier molecular flexibility index (Phi) is 4.51. The summed E-state index contributed by atoms with van der Waals surface area (Å²) in [4.78, 5) is 14.2. The van der Waals surface area contributed by atoms with Gasteiger partial charge in [-0.15, -0.1) is 0 Å². The fraction of sp³-hybridized carbons (Fsp3) is 0.250. The second kappa shape index (κ2) is 6.33. The number of nitrogens with zero attached hydrogens (tertiary/aromatic N) is 3. The lowest BCUT2D eigenvalue weighted by Gasteiger charge is -2.08. The first-order valence-corrected chi connectivity index (χ1v) is 6.48. The zero-order valence-corrected chi connectivity index (χ0v) is 11.6. The molecular weight excluding hydrogens is 314 g/mol. The maximum atomic E-state index is 10.7. The second-order valence-corrected chi connectivity index (χ2v) is 4.73. The molecule has 0 aliphatic carbocycles. The molecule has 0 radical (unpaired) electrons. The molecule has 0 atom stereocenters. The third-order valence-corrected chi connectivity index (χ3v) is 3.16. The highest BCUT2D eigenvalue weighted by atomic mass is 79.9. The van der Waals surface area contributed by atoms with Gasteiger partial charge < -0.3 is 9.30 Å². The summed E-state index contributed by atoms with van der Waals surface area (Å²) >= 11 is 3.31. The maximum Gasteiger partial charge on any atom is 0.273 e. The van der Waals surface area contributed by atoms with E-state index in [1.165, 1.54) is 12.1 Å². The Morgan fingerprint density at radius 3 is 3.00 bits per heavy atom. The average molecular weight is 326 g/mol. The van der Waals surface area contributed by atoms with Crippen molar-refractivity contribution in [1.29, 1.82) is 0 Å². The van der Waals surface area contributed by atoms with E-state index >= 15 is 0 Å². The number of hydrogen-bond donors (Lipinski definition) is 0. The number of hydrogen-bond acceptors (Lipinski definition) is 4. The van der Waals surface area contributed by atoms with Crippen LogP contribution in [0.4, 0.5) is 5.69 Å². The van der Waals surface area contributed by atoms with Gasteiger partial charge in [0.25, 0.3) is 5.69 Å². The number of nitro groups is 1. The topological polar surface area (TPSA) is 70.2 Å². The van der Waals surface area contributed by atoms with Gasteiger partial charge in [0.15, 0.2) is 0 Å². The number of benzene rings is 1. The molecule has 0 saturated carbocycles. The highest BCUT2D eigenvalue weighted by molar-refractivity contribution is 9.10. The molecule has 100 valence electrons. The lowest BCUT2D eigenvalue weighted by molar-refractivity contribution is -0.385. The molecule has 2 aromatic rings. The van der Waals surface area contributed by atoms with Crippen LogP contribution in [0.2, 0.25) is 0 Å². The van der Waals surface area contributed by atoms with Crippen molar-refractivity contribution in [3.05, 3.63) is 51.5 Å². The van der Waals surface area contributed by atoms with Gasteiger partial charge in [0.1, 0.15) is 5.75 Å². The first-order chi connectivity index (χ1) is 9.16. The van der Waals surface area contributed by atoms with Crippen LogP contribution in [0.3, 0.4) is 0 Å². The molecule has 2 rings (SSSR count). The molecule has 0 spiro atoms. The largest absolute Gasteiger partial charge is 0.492 e. The molecule has 7 heteroatoms. The first kappa shape index (κ1) is 13.5. The molecule has 0 aliphatic rings. The zero-order valence-electron chi connectivity index (χ0n) is 10.0. The van der Waals surface area contributed by atoms with Crippen LogP contribution in [-0.2, 0) is 6.54 Å². The number of rotatable bonds is 6. The van der Waals surface area contributed by atoms with E-state index in [1.807, 2.05) is 10.8 Å². The third-order valence-electron chi connectivity index (χ3n) is 2.50. The predicted octanol–water partition coefficient (Wildman–Crippen LogP) is 3.02. The van der Waals surface area contributed by atoms with Crippen molar-refractivity contribution < 1.29 is 9.66 Å². The van der Waals surface area contributed by atoms with E-state index < -0.39 is 4.92 Å². The number of ether oxygens (including phenoxy) is 1. The average Bonchev–Trinajstić information content (AvgIpc) is 2.89. The van der Waals surface area contributed by atoms with E-state index in [9.17, 15) is 10.1 Å². The van der Waals surface area contributed by atoms with Crippen molar-refractivity contribution in [2.24, 2.45) is 0 Å². The summed E-state index contributed by atoms with van der Waals surface area (Å²) in [5, 5.41) is 10.7. The Morgan fingerprint density at radius 2 is 2.32 bits per heavy atom. The molecule has 0 bridgehead atoms. The molecule has 1 heterocycles. The van der Waals surface area contributed by atoms with Crippen LogP contribution in [-0.4, -0.2) is 21.1 Å². The Morgan fingerprint density at radius 1 is 1.47 bits per heavy atom. The molecule has 19 heavy (non-hydrogen) atoms. The minimum Gasteiger partial charge on any atom is -0.492 e. The van der Waals surface area contributed by atoms with E-state index in [2.05, 4.69) is 20.9 Å². The molecule has 0 fully saturated rings. The van der Waals surface area contributed by atoms with Gasteiger partial charge in [-0.2, -0.15) is 0 Å². The molecule has 1 aromatic heterocycles. The van der Waals surface area contributed by atoms with Crippen molar-refractivity contribution in [3.8, 4) is 5.75 Å². The van der Waals surface area contributed by atoms with E-state index in [0.29, 0.717) is 16.8 Å². The van der Waals surface area contributed by atoms with Gasteiger partial charge >= 0.3 is 0 Å². The summed E-state index contributed by atoms with van der Waals surface area (Å²) in [5.41, 5.74) is 0.0211. The molecule has 6 nitrogen and oxygen atoms in total. The normalized spacial score (nSPS) is 10.4. The summed E-state index contributed by atoms with van der Waals surface area (Å²) in [6, 6.07) is 4.47. The summed E-state index contributed by atoms with van der Waals surface area (Å²) in [6.07, 6.45) is 6.13. The van der Waals surface area contributed by atoms with Crippen molar-refractivity contribution in [2.75, 3.05) is 6.61 Å². The van der Waals surface area contributed by atoms with Crippen LogP contribution in [0.15, 0.2) is 41.4 Å². The van der Waals surface area contributed by atoms with Gasteiger partial charge in [-0.3, -0.25) is 10.1 Å². The van der Waals surface area contributed by atoms with Gasteiger partial charge in [0.05, 0.1) is 28.4 Å². The Bertz CT molecular complexity index is 557. The Hall–Kier alpha value is -1.89. The van der Waals surface area contributed by atoms with E-state index in [4.69, 9.17) is 4.74 Å². The van der Waals surface area contributed by atoms with Crippen molar-refractivity contribution in [2.45, 2.75) is 13.0 Å². The highest BCUT2D eigenvalue weighted by Gasteiger charge is 2.10. The summed E-state index contributed by atoms with van der Waals surface area (Å²) in [6.45, 7) is 1.28. The van der Waals surface area contributed by atoms with Crippen LogP contribution >= 0.6 is 15.9 Å². The monoisotopic (exact) mass is 325 g/mol. The van der Waals surface area contributed by atoms with Crippen molar-refractivity contribution >= 4 is 21.6 Å². The number of non-ortho nitro benzene ring substituents is 1. The van der Waals surface area contributed by atoms with Crippen LogP contribution in [0.1, 0.15) is 6.42 Å².